The summed E-state index contributed by atoms with van der Waals surface area (Å²) < 4.78 is 63.2. The van der Waals surface area contributed by atoms with Crippen molar-refractivity contribution >= 4 is 29.0 Å². The van der Waals surface area contributed by atoms with Crippen LogP contribution in [0.5, 0.6) is 5.75 Å². The number of aromatic nitrogens is 4. The zero-order valence-electron chi connectivity index (χ0n) is 18.7. The third-order valence-electron chi connectivity index (χ3n) is 5.94. The molecule has 1 fully saturated rings. The van der Waals surface area contributed by atoms with Crippen molar-refractivity contribution in [3.8, 4) is 17.3 Å². The molecule has 1 saturated heterocycles. The molecular formula is C23H23ClF4N6O. The summed E-state index contributed by atoms with van der Waals surface area (Å²) in [5.41, 5.74) is 7.17. The zero-order valence-corrected chi connectivity index (χ0v) is 19.5. The Kier molecular flexibility index (Phi) is 6.85. The van der Waals surface area contributed by atoms with Gasteiger partial charge in [0.2, 0.25) is 0 Å². The molecule has 1 aliphatic heterocycles. The first-order chi connectivity index (χ1) is 16.2. The van der Waals surface area contributed by atoms with Crippen molar-refractivity contribution in [2.24, 2.45) is 5.73 Å². The molecule has 12 heteroatoms. The van der Waals surface area contributed by atoms with E-state index in [0.29, 0.717) is 35.3 Å². The Hall–Kier alpha value is -3.02. The van der Waals surface area contributed by atoms with Gasteiger partial charge in [-0.15, -0.1) is 22.6 Å². The molecule has 0 bridgehead atoms. The van der Waals surface area contributed by atoms with Crippen LogP contribution in [-0.4, -0.2) is 56.4 Å². The van der Waals surface area contributed by atoms with E-state index in [4.69, 9.17) is 10.5 Å². The van der Waals surface area contributed by atoms with Crippen LogP contribution in [0.2, 0.25) is 0 Å². The first kappa shape index (κ1) is 25.1. The maximum atomic E-state index is 14.2. The maximum Gasteiger partial charge on any atom is 0.408 e. The van der Waals surface area contributed by atoms with Crippen molar-refractivity contribution < 1.29 is 22.3 Å². The van der Waals surface area contributed by atoms with Crippen molar-refractivity contribution in [1.82, 2.24) is 24.5 Å². The van der Waals surface area contributed by atoms with E-state index in [-0.39, 0.29) is 48.7 Å². The maximum absolute atomic E-state index is 14.2. The minimum Gasteiger partial charge on any atom is -0.491 e. The second-order valence-corrected chi connectivity index (χ2v) is 8.31. The van der Waals surface area contributed by atoms with E-state index in [1.54, 1.807) is 19.1 Å². The Labute approximate surface area is 204 Å². The lowest BCUT2D eigenvalue weighted by Gasteiger charge is -2.30. The highest BCUT2D eigenvalue weighted by Gasteiger charge is 2.46. The van der Waals surface area contributed by atoms with Crippen LogP contribution in [0.3, 0.4) is 0 Å². The molecule has 2 N–H and O–H groups in total. The summed E-state index contributed by atoms with van der Waals surface area (Å²) in [6.07, 6.45) is -2.57. The predicted molar refractivity (Wildman–Crippen MR) is 125 cm³/mol. The molecule has 1 aromatic carbocycles. The summed E-state index contributed by atoms with van der Waals surface area (Å²) in [6.45, 7) is 2.48. The summed E-state index contributed by atoms with van der Waals surface area (Å²) >= 11 is 0. The fraction of sp³-hybridized carbons (Fsp3) is 0.348. The van der Waals surface area contributed by atoms with E-state index in [9.17, 15) is 17.6 Å². The lowest BCUT2D eigenvalue weighted by Crippen LogP contribution is -2.38. The molecule has 5 rings (SSSR count). The molecule has 0 amide bonds. The molecule has 4 heterocycles. The van der Waals surface area contributed by atoms with Crippen LogP contribution in [0.15, 0.2) is 42.6 Å². The number of benzene rings is 1. The van der Waals surface area contributed by atoms with Gasteiger partial charge in [-0.1, -0.05) is 12.1 Å². The van der Waals surface area contributed by atoms with Crippen molar-refractivity contribution in [1.29, 1.82) is 0 Å². The average molecular weight is 511 g/mol. The second kappa shape index (κ2) is 9.56. The Bertz CT molecular complexity index is 1360. The molecule has 186 valence electrons. The highest BCUT2D eigenvalue weighted by atomic mass is 35.5. The highest BCUT2D eigenvalue weighted by molar-refractivity contribution is 5.85. The number of nitrogens with zero attached hydrogens (tertiary/aromatic N) is 5. The fourth-order valence-corrected chi connectivity index (χ4v) is 4.42. The van der Waals surface area contributed by atoms with Gasteiger partial charge in [-0.3, -0.25) is 9.30 Å². The molecule has 0 aliphatic carbocycles. The van der Waals surface area contributed by atoms with E-state index >= 15 is 0 Å². The summed E-state index contributed by atoms with van der Waals surface area (Å²) in [5, 5.41) is 8.79. The van der Waals surface area contributed by atoms with Gasteiger partial charge in [0, 0.05) is 36.8 Å². The number of hydrogen-bond acceptors (Lipinski definition) is 6. The van der Waals surface area contributed by atoms with E-state index < -0.39 is 18.0 Å². The number of halogens is 5. The lowest BCUT2D eigenvalue weighted by molar-refractivity contribution is -0.183. The SMILES string of the molecule is CCOc1cc2nc(-c3nnc4ccc([C@H](N5CCC(N)C5)C(F)(F)F)cn34)ccc2cc1F.Cl. The molecule has 1 aliphatic rings. The van der Waals surface area contributed by atoms with Gasteiger partial charge in [-0.05, 0) is 37.1 Å². The number of alkyl halides is 3. The number of hydrogen-bond donors (Lipinski definition) is 1. The van der Waals surface area contributed by atoms with E-state index in [1.807, 2.05) is 0 Å². The monoisotopic (exact) mass is 510 g/mol. The molecule has 4 aromatic rings. The number of ether oxygens (including phenoxy) is 1. The molecule has 0 spiro atoms. The van der Waals surface area contributed by atoms with Gasteiger partial charge in [0.1, 0.15) is 11.7 Å². The topological polar surface area (TPSA) is 81.6 Å². The first-order valence-corrected chi connectivity index (χ1v) is 10.9. The van der Waals surface area contributed by atoms with Crippen LogP contribution < -0.4 is 10.5 Å². The number of likely N-dealkylation sites (tertiary alicyclic amines) is 1. The van der Waals surface area contributed by atoms with Crippen LogP contribution in [0.1, 0.15) is 24.9 Å². The van der Waals surface area contributed by atoms with Crippen LogP contribution in [0.25, 0.3) is 28.1 Å². The number of fused-ring (bicyclic) bond motifs is 2. The fourth-order valence-electron chi connectivity index (χ4n) is 4.42. The zero-order chi connectivity index (χ0) is 24.0. The first-order valence-electron chi connectivity index (χ1n) is 10.9. The van der Waals surface area contributed by atoms with Crippen molar-refractivity contribution in [3.05, 3.63) is 54.0 Å². The summed E-state index contributed by atoms with van der Waals surface area (Å²) in [5.74, 6) is -0.147. The van der Waals surface area contributed by atoms with Crippen LogP contribution in [0.4, 0.5) is 17.6 Å². The van der Waals surface area contributed by atoms with Gasteiger partial charge in [0.15, 0.2) is 23.0 Å². The average Bonchev–Trinajstić information content (AvgIpc) is 3.39. The Morgan fingerprint density at radius 1 is 1.17 bits per heavy atom. The van der Waals surface area contributed by atoms with Gasteiger partial charge in [0.25, 0.3) is 0 Å². The van der Waals surface area contributed by atoms with Gasteiger partial charge in [0.05, 0.1) is 12.1 Å². The largest absolute Gasteiger partial charge is 0.491 e. The van der Waals surface area contributed by atoms with Crippen LogP contribution in [0, 0.1) is 5.82 Å². The van der Waals surface area contributed by atoms with Gasteiger partial charge in [-0.2, -0.15) is 13.2 Å². The van der Waals surface area contributed by atoms with Crippen molar-refractivity contribution in [2.75, 3.05) is 19.7 Å². The van der Waals surface area contributed by atoms with Crippen molar-refractivity contribution in [3.63, 3.8) is 0 Å². The summed E-state index contributed by atoms with van der Waals surface area (Å²) in [6, 6.07) is 6.96. The highest BCUT2D eigenvalue weighted by Crippen LogP contribution is 2.39. The van der Waals surface area contributed by atoms with Crippen molar-refractivity contribution in [2.45, 2.75) is 31.6 Å². The van der Waals surface area contributed by atoms with Gasteiger partial charge in [-0.25, -0.2) is 9.37 Å². The van der Waals surface area contributed by atoms with Crippen LogP contribution >= 0.6 is 12.4 Å². The molecule has 35 heavy (non-hydrogen) atoms. The molecule has 7 nitrogen and oxygen atoms in total. The van der Waals surface area contributed by atoms with E-state index in [1.165, 1.54) is 39.8 Å². The second-order valence-electron chi connectivity index (χ2n) is 8.31. The molecule has 2 atom stereocenters. The van der Waals surface area contributed by atoms with Gasteiger partial charge < -0.3 is 10.5 Å². The summed E-state index contributed by atoms with van der Waals surface area (Å²) in [7, 11) is 0. The molecular weight excluding hydrogens is 488 g/mol. The minimum absolute atomic E-state index is 0. The third-order valence-corrected chi connectivity index (χ3v) is 5.94. The lowest BCUT2D eigenvalue weighted by atomic mass is 10.1. The standard InChI is InChI=1S/C23H22F4N6O.ClH/c1-2-34-19-10-18-13(9-16(19)24)3-5-17(29-18)22-31-30-20-6-4-14(11-33(20)22)21(23(25,26)27)32-8-7-15(28)12-32;/h3-6,9-11,15,21H,2,7-8,12,28H2,1H3;1H/t15?,21-;/m0./s1. The quantitative estimate of drug-likeness (QED) is 0.397. The molecule has 3 aromatic heterocycles. The predicted octanol–water partition coefficient (Wildman–Crippen LogP) is 4.54. The number of rotatable bonds is 5. The molecule has 1 unspecified atom stereocenters. The van der Waals surface area contributed by atoms with E-state index in [2.05, 4.69) is 15.2 Å². The van der Waals surface area contributed by atoms with E-state index in [0.717, 1.165) is 0 Å². The Balaban J connectivity index is 0.00000289. The minimum atomic E-state index is -4.48. The Morgan fingerprint density at radius 2 is 1.97 bits per heavy atom. The molecule has 0 radical (unpaired) electrons. The number of nitrogens with two attached hydrogens (primary N) is 1. The van der Waals surface area contributed by atoms with Crippen LogP contribution in [-0.2, 0) is 0 Å². The smallest absolute Gasteiger partial charge is 0.408 e. The number of pyridine rings is 2. The third kappa shape index (κ3) is 4.75. The summed E-state index contributed by atoms with van der Waals surface area (Å²) in [4.78, 5) is 5.90. The Morgan fingerprint density at radius 3 is 2.66 bits per heavy atom. The van der Waals surface area contributed by atoms with Gasteiger partial charge >= 0.3 is 6.18 Å². The molecule has 0 saturated carbocycles. The normalized spacial score (nSPS) is 17.6.